The number of ether oxygens (including phenoxy) is 2. The number of nitrogens with zero attached hydrogens (tertiary/aromatic N) is 1. The first-order valence-corrected chi connectivity index (χ1v) is 22.8. The molecule has 0 unspecified atom stereocenters. The van der Waals surface area contributed by atoms with E-state index in [1.807, 2.05) is 86.7 Å². The van der Waals surface area contributed by atoms with Crippen molar-refractivity contribution in [1.82, 2.24) is 4.90 Å². The van der Waals surface area contributed by atoms with E-state index in [1.54, 1.807) is 26.4 Å². The molecule has 2 aromatic rings. The fourth-order valence-electron chi connectivity index (χ4n) is 2.10. The van der Waals surface area contributed by atoms with Crippen LogP contribution in [-0.4, -0.2) is 55.8 Å². The first-order chi connectivity index (χ1) is 29.5. The summed E-state index contributed by atoms with van der Waals surface area (Å²) in [6, 6.07) is 20.2. The number of imide groups is 1. The van der Waals surface area contributed by atoms with Gasteiger partial charge in [0.25, 0.3) is 11.8 Å². The minimum Gasteiger partial charge on any atom is -0.497 e. The number of ketones is 3. The molecule has 0 atom stereocenters. The van der Waals surface area contributed by atoms with Crippen molar-refractivity contribution >= 4 is 66.5 Å². The minimum atomic E-state index is -2.90. The molecular weight excluding hydrogens is 957 g/mol. The summed E-state index contributed by atoms with van der Waals surface area (Å²) in [5, 5.41) is 1.00. The van der Waals surface area contributed by atoms with E-state index < -0.39 is 9.84 Å². The number of benzene rings is 2. The second-order valence-electron chi connectivity index (χ2n) is 11.2. The molecule has 1 aliphatic heterocycles. The van der Waals surface area contributed by atoms with Gasteiger partial charge in [-0.25, -0.2) is 8.42 Å². The summed E-state index contributed by atoms with van der Waals surface area (Å²) in [7, 11) is -1.45. The number of hydrogen-bond donors (Lipinski definition) is 0. The average molecular weight is 1030 g/mol. The van der Waals surface area contributed by atoms with Gasteiger partial charge in [-0.1, -0.05) is 151 Å². The fourth-order valence-corrected chi connectivity index (χ4v) is 2.10. The van der Waals surface area contributed by atoms with E-state index in [0.29, 0.717) is 17.7 Å². The largest absolute Gasteiger partial charge is 2.00 e. The maximum Gasteiger partial charge on any atom is 2.00 e. The fraction of sp³-hybridized carbons (Fsp3) is 0.340. The topological polar surface area (TPSA) is 141 Å². The molecule has 14 heteroatoms. The molecule has 10 nitrogen and oxygen atoms in total. The predicted molar refractivity (Wildman–Crippen MR) is 273 cm³/mol. The number of halogens is 2. The van der Waals surface area contributed by atoms with Crippen molar-refractivity contribution in [3.05, 3.63) is 170 Å². The third kappa shape index (κ3) is 81.5. The van der Waals surface area contributed by atoms with Gasteiger partial charge < -0.3 is 23.3 Å². The van der Waals surface area contributed by atoms with Gasteiger partial charge in [0.2, 0.25) is 0 Å². The summed E-state index contributed by atoms with van der Waals surface area (Å²) in [4.78, 5) is 51.5. The van der Waals surface area contributed by atoms with Gasteiger partial charge in [-0.2, -0.15) is 13.8 Å². The van der Waals surface area contributed by atoms with E-state index in [-0.39, 0.29) is 52.8 Å². The Bertz CT molecular complexity index is 1550. The molecule has 3 rings (SSSR count). The number of hydrogen-bond acceptors (Lipinski definition) is 9. The molecule has 1 heterocycles. The standard InChI is InChI=1S/2C10H12O.C5H5NO2.C4H5BrO.C4H5ClO.C4H6O.C3H6O2S.2C3H8.2C2H5.V/c2*1-2-8-11-9-10-6-4-3-5-7-10;1-6-4(7)2-3-5(6)8;2*1-3(5)4(2)6;1-3-4(2)5;1-3-6(2,4)5;2*1-3-2;2*1-2;/h2*2-8H,9H2,1H3;2-3H,1H3;2*1H2,2H3;3H,1H2,2H3;3H,1H2,2H3;2*3H2,1-2H3;2*1H2,2H3;/q;;;;;;;;;2*-1;+2. The van der Waals surface area contributed by atoms with Crippen LogP contribution in [0, 0.1) is 13.8 Å². The monoisotopic (exact) mass is 1030 g/mol. The first kappa shape index (κ1) is 80.0. The van der Waals surface area contributed by atoms with Crippen molar-refractivity contribution in [2.75, 3.05) is 13.3 Å². The second-order valence-corrected chi connectivity index (χ2v) is 14.7. The number of Topliss-reactive ketones (excluding diaryl/α,β-unsaturated/α-hetero) is 2. The summed E-state index contributed by atoms with van der Waals surface area (Å²) in [6.45, 7) is 40.7. The van der Waals surface area contributed by atoms with Gasteiger partial charge in [-0.05, 0) is 60.8 Å². The van der Waals surface area contributed by atoms with E-state index in [2.05, 4.69) is 83.8 Å². The average Bonchev–Trinajstić information content (AvgIpc) is 3.55. The Morgan fingerprint density at radius 1 is 0.719 bits per heavy atom. The van der Waals surface area contributed by atoms with Crippen LogP contribution in [0.4, 0.5) is 0 Å². The van der Waals surface area contributed by atoms with Crippen molar-refractivity contribution in [1.29, 1.82) is 0 Å². The van der Waals surface area contributed by atoms with Crippen molar-refractivity contribution in [3.63, 3.8) is 0 Å². The van der Waals surface area contributed by atoms with Crippen molar-refractivity contribution in [2.45, 2.75) is 102 Å². The predicted octanol–water partition coefficient (Wildman–Crippen LogP) is 13.3. The van der Waals surface area contributed by atoms with Gasteiger partial charge in [-0.15, -0.1) is 0 Å². The molecule has 0 saturated heterocycles. The molecule has 0 bridgehead atoms. The Morgan fingerprint density at radius 2 is 0.953 bits per heavy atom. The van der Waals surface area contributed by atoms with Gasteiger partial charge in [0.15, 0.2) is 27.2 Å². The molecule has 0 aliphatic carbocycles. The van der Waals surface area contributed by atoms with Gasteiger partial charge in [0, 0.05) is 37.8 Å². The van der Waals surface area contributed by atoms with E-state index in [4.69, 9.17) is 21.1 Å². The van der Waals surface area contributed by atoms with Crippen LogP contribution < -0.4 is 0 Å². The Morgan fingerprint density at radius 3 is 1.08 bits per heavy atom. The van der Waals surface area contributed by atoms with Gasteiger partial charge >= 0.3 is 18.6 Å². The number of likely N-dealkylation sites (N-methyl/N-ethyl adjacent to an activating group) is 1. The van der Waals surface area contributed by atoms with Crippen LogP contribution in [0.25, 0.3) is 0 Å². The number of allylic oxidation sites excluding steroid dienone is 5. The van der Waals surface area contributed by atoms with Crippen LogP contribution in [0.2, 0.25) is 0 Å². The molecule has 0 N–H and O–H groups in total. The third-order valence-electron chi connectivity index (χ3n) is 5.03. The molecule has 0 spiro atoms. The van der Waals surface area contributed by atoms with Crippen LogP contribution in [0.5, 0.6) is 0 Å². The van der Waals surface area contributed by atoms with Crippen molar-refractivity contribution < 1.29 is 60.4 Å². The maximum absolute atomic E-state index is 10.4. The smallest absolute Gasteiger partial charge is 0.497 e. The van der Waals surface area contributed by atoms with E-state index >= 15 is 0 Å². The molecule has 0 fully saturated rings. The summed E-state index contributed by atoms with van der Waals surface area (Å²) in [5.74, 6) is -0.651. The molecule has 361 valence electrons. The second kappa shape index (κ2) is 63.0. The summed E-state index contributed by atoms with van der Waals surface area (Å²) in [6.07, 6.45) is 14.5. The molecular formula is C50H77BrClNO9SV. The zero-order chi connectivity index (χ0) is 51.2. The SMILES string of the molecule is C=C(Br)C(C)=O.C=C(Cl)C(C)=O.C=CC(C)=O.C=CS(C)(=O)=O.CC=COCc1ccccc1.CC=COCc1ccccc1.CCC.CCC.CN1C(=O)C=CC1=O.[CH2-]C.[CH2-]C.[V+2]. The Balaban J connectivity index is -0.0000000772. The van der Waals surface area contributed by atoms with Gasteiger partial charge in [0.05, 0.1) is 22.0 Å². The Kier molecular flexibility index (Phi) is 78.7. The van der Waals surface area contributed by atoms with Crippen molar-refractivity contribution in [2.24, 2.45) is 0 Å². The van der Waals surface area contributed by atoms with Crippen LogP contribution in [-0.2, 0) is 75.1 Å². The molecule has 2 aromatic carbocycles. The maximum atomic E-state index is 10.4. The summed E-state index contributed by atoms with van der Waals surface area (Å²) < 4.78 is 30.6. The Labute approximate surface area is 414 Å². The number of carbonyl (C=O) groups is 5. The number of sulfone groups is 1. The Hall–Kier alpha value is -4.33. The van der Waals surface area contributed by atoms with Crippen molar-refractivity contribution in [3.8, 4) is 0 Å². The quantitative estimate of drug-likeness (QED) is 0.0984. The van der Waals surface area contributed by atoms with E-state index in [9.17, 15) is 32.4 Å². The zero-order valence-electron chi connectivity index (χ0n) is 40.7. The minimum absolute atomic E-state index is 0. The van der Waals surface area contributed by atoms with Crippen LogP contribution in [0.3, 0.4) is 0 Å². The first-order valence-electron chi connectivity index (χ1n) is 19.6. The zero-order valence-corrected chi connectivity index (χ0v) is 45.3. The number of amides is 2. The molecule has 1 aliphatic rings. The van der Waals surface area contributed by atoms with Crippen LogP contribution in [0.15, 0.2) is 145 Å². The molecule has 2 amide bonds. The summed E-state index contributed by atoms with van der Waals surface area (Å²) in [5.41, 5.74) is 2.40. The van der Waals surface area contributed by atoms with Gasteiger partial charge in [-0.3, -0.25) is 28.9 Å². The third-order valence-corrected chi connectivity index (χ3v) is 6.46. The number of carbonyl (C=O) groups excluding carboxylic acids is 5. The number of rotatable bonds is 10. The summed E-state index contributed by atoms with van der Waals surface area (Å²) >= 11 is 7.96. The normalized spacial score (nSPS) is 9.55. The van der Waals surface area contributed by atoms with Gasteiger partial charge in [0.1, 0.15) is 13.2 Å². The molecule has 1 radical (unpaired) electrons. The van der Waals surface area contributed by atoms with Crippen LogP contribution in [0.1, 0.15) is 100 Å². The molecule has 0 saturated carbocycles. The van der Waals surface area contributed by atoms with Crippen LogP contribution >= 0.6 is 27.5 Å². The van der Waals surface area contributed by atoms with E-state index in [0.717, 1.165) is 16.6 Å². The van der Waals surface area contributed by atoms with E-state index in [1.165, 1.54) is 70.0 Å². The molecule has 64 heavy (non-hydrogen) atoms. The molecule has 0 aromatic heterocycles.